The van der Waals surface area contributed by atoms with Crippen molar-refractivity contribution in [3.63, 3.8) is 0 Å². The number of esters is 2. The van der Waals surface area contributed by atoms with Crippen LogP contribution in [0, 0.1) is 11.3 Å². The van der Waals surface area contributed by atoms with Gasteiger partial charge in [-0.25, -0.2) is 8.78 Å². The molecule has 0 radical (unpaired) electrons. The highest BCUT2D eigenvalue weighted by Crippen LogP contribution is 2.57. The largest absolute Gasteiger partial charge is 0.462 e. The Hall–Kier alpha value is -1.20. The summed E-state index contributed by atoms with van der Waals surface area (Å²) in [6.07, 6.45) is -3.85. The Bertz CT molecular complexity index is 317. The second kappa shape index (κ2) is 5.20. The lowest BCUT2D eigenvalue weighted by molar-refractivity contribution is -0.171. The second-order valence-corrected chi connectivity index (χ2v) is 5.02. The average molecular weight is 264 g/mol. The zero-order valence-corrected chi connectivity index (χ0v) is 10.9. The Labute approximate surface area is 105 Å². The van der Waals surface area contributed by atoms with Gasteiger partial charge in [0.15, 0.2) is 5.41 Å². The number of halogens is 2. The van der Waals surface area contributed by atoms with Crippen LogP contribution < -0.4 is 0 Å². The van der Waals surface area contributed by atoms with Crippen molar-refractivity contribution in [3.8, 4) is 0 Å². The summed E-state index contributed by atoms with van der Waals surface area (Å²) in [5, 5.41) is 0. The molecule has 0 amide bonds. The summed E-state index contributed by atoms with van der Waals surface area (Å²) in [4.78, 5) is 23.6. The van der Waals surface area contributed by atoms with E-state index in [0.29, 0.717) is 0 Å². The van der Waals surface area contributed by atoms with E-state index in [9.17, 15) is 18.4 Å². The normalized spacial score (nSPS) is 21.3. The third-order valence-corrected chi connectivity index (χ3v) is 2.73. The van der Waals surface area contributed by atoms with Gasteiger partial charge in [0.25, 0.3) is 0 Å². The molecule has 1 saturated carbocycles. The molecule has 0 N–H and O–H groups in total. The van der Waals surface area contributed by atoms with E-state index >= 15 is 0 Å². The lowest BCUT2D eigenvalue weighted by Gasteiger charge is -2.18. The van der Waals surface area contributed by atoms with Crippen LogP contribution in [0.25, 0.3) is 0 Å². The number of alkyl halides is 2. The van der Waals surface area contributed by atoms with Crippen LogP contribution in [0.5, 0.6) is 0 Å². The number of rotatable bonds is 5. The predicted octanol–water partition coefficient (Wildman–Crippen LogP) is 2.16. The van der Waals surface area contributed by atoms with Gasteiger partial charge in [0.05, 0.1) is 12.2 Å². The molecule has 0 aromatic rings. The zero-order chi connectivity index (χ0) is 14.1. The van der Waals surface area contributed by atoms with Gasteiger partial charge in [0.2, 0.25) is 6.43 Å². The number of carbonyl (C=O) groups is 2. The van der Waals surface area contributed by atoms with Gasteiger partial charge in [-0.05, 0) is 34.1 Å². The third-order valence-electron chi connectivity index (χ3n) is 2.73. The van der Waals surface area contributed by atoms with E-state index in [2.05, 4.69) is 0 Å². The molecular weight excluding hydrogens is 246 g/mol. The summed E-state index contributed by atoms with van der Waals surface area (Å²) in [5.74, 6) is -3.11. The monoisotopic (exact) mass is 264 g/mol. The van der Waals surface area contributed by atoms with E-state index in [-0.39, 0.29) is 6.42 Å². The Morgan fingerprint density at radius 1 is 1.06 bits per heavy atom. The summed E-state index contributed by atoms with van der Waals surface area (Å²) in [5.41, 5.74) is -1.80. The maximum atomic E-state index is 12.7. The molecule has 0 saturated heterocycles. The van der Waals surface area contributed by atoms with E-state index in [1.54, 1.807) is 27.7 Å². The molecule has 1 unspecified atom stereocenters. The fourth-order valence-corrected chi connectivity index (χ4v) is 1.78. The predicted molar refractivity (Wildman–Crippen MR) is 59.0 cm³/mol. The van der Waals surface area contributed by atoms with Gasteiger partial charge >= 0.3 is 11.9 Å². The number of hydrogen-bond acceptors (Lipinski definition) is 4. The Balaban J connectivity index is 2.86. The Morgan fingerprint density at radius 2 is 1.44 bits per heavy atom. The molecule has 1 aliphatic rings. The number of carbonyl (C=O) groups excluding carboxylic acids is 2. The maximum Gasteiger partial charge on any atom is 0.324 e. The second-order valence-electron chi connectivity index (χ2n) is 5.02. The molecule has 104 valence electrons. The van der Waals surface area contributed by atoms with E-state index < -0.39 is 41.9 Å². The van der Waals surface area contributed by atoms with Crippen LogP contribution in [0.2, 0.25) is 0 Å². The van der Waals surface area contributed by atoms with E-state index in [4.69, 9.17) is 9.47 Å². The molecule has 0 aromatic heterocycles. The minimum Gasteiger partial charge on any atom is -0.462 e. The van der Waals surface area contributed by atoms with Crippen molar-refractivity contribution in [3.05, 3.63) is 0 Å². The average Bonchev–Trinajstić information content (AvgIpc) is 2.90. The van der Waals surface area contributed by atoms with Crippen molar-refractivity contribution in [2.45, 2.75) is 52.7 Å². The molecule has 6 heteroatoms. The molecule has 0 aromatic carbocycles. The lowest BCUT2D eigenvalue weighted by atomic mass is 10.0. The number of ether oxygens (including phenoxy) is 2. The van der Waals surface area contributed by atoms with Gasteiger partial charge in [-0.3, -0.25) is 9.59 Å². The highest BCUT2D eigenvalue weighted by Gasteiger charge is 2.71. The standard InChI is InChI=1S/C12H18F2O4/c1-6(2)17-10(15)12(5-8(12)9(13)14)11(16)18-7(3)4/h6-9H,5H2,1-4H3. The molecule has 1 fully saturated rings. The van der Waals surface area contributed by atoms with Crippen LogP contribution in [0.4, 0.5) is 8.78 Å². The van der Waals surface area contributed by atoms with Crippen molar-refractivity contribution >= 4 is 11.9 Å². The molecular formula is C12H18F2O4. The van der Waals surface area contributed by atoms with Gasteiger partial charge < -0.3 is 9.47 Å². The molecule has 0 bridgehead atoms. The van der Waals surface area contributed by atoms with Crippen molar-refractivity contribution in [1.82, 2.24) is 0 Å². The van der Waals surface area contributed by atoms with Gasteiger partial charge in [0, 0.05) is 5.92 Å². The minimum absolute atomic E-state index is 0.207. The Kier molecular flexibility index (Phi) is 4.29. The van der Waals surface area contributed by atoms with Crippen LogP contribution in [-0.4, -0.2) is 30.6 Å². The molecule has 1 aliphatic carbocycles. The molecule has 0 heterocycles. The van der Waals surface area contributed by atoms with E-state index in [1.807, 2.05) is 0 Å². The van der Waals surface area contributed by atoms with E-state index in [0.717, 1.165) is 0 Å². The fourth-order valence-electron chi connectivity index (χ4n) is 1.78. The van der Waals surface area contributed by atoms with E-state index in [1.165, 1.54) is 0 Å². The highest BCUT2D eigenvalue weighted by molar-refractivity contribution is 6.04. The van der Waals surface area contributed by atoms with Crippen molar-refractivity contribution in [1.29, 1.82) is 0 Å². The van der Waals surface area contributed by atoms with Gasteiger partial charge in [0.1, 0.15) is 0 Å². The lowest BCUT2D eigenvalue weighted by Crippen LogP contribution is -2.35. The summed E-state index contributed by atoms with van der Waals surface area (Å²) < 4.78 is 35.2. The van der Waals surface area contributed by atoms with Crippen LogP contribution in [0.3, 0.4) is 0 Å². The first-order chi connectivity index (χ1) is 8.21. The van der Waals surface area contributed by atoms with Gasteiger partial charge in [-0.15, -0.1) is 0 Å². The molecule has 4 nitrogen and oxygen atoms in total. The summed E-state index contributed by atoms with van der Waals surface area (Å²) in [6, 6.07) is 0. The van der Waals surface area contributed by atoms with Crippen LogP contribution >= 0.6 is 0 Å². The van der Waals surface area contributed by atoms with Crippen molar-refractivity contribution < 1.29 is 27.8 Å². The van der Waals surface area contributed by atoms with Crippen molar-refractivity contribution in [2.24, 2.45) is 11.3 Å². The maximum absolute atomic E-state index is 12.7. The first-order valence-electron chi connectivity index (χ1n) is 5.92. The molecule has 0 aliphatic heterocycles. The van der Waals surface area contributed by atoms with Gasteiger partial charge in [-0.2, -0.15) is 0 Å². The molecule has 1 rings (SSSR count). The van der Waals surface area contributed by atoms with Crippen LogP contribution in [0.1, 0.15) is 34.1 Å². The van der Waals surface area contributed by atoms with Crippen molar-refractivity contribution in [2.75, 3.05) is 0 Å². The Morgan fingerprint density at radius 3 is 1.67 bits per heavy atom. The van der Waals surface area contributed by atoms with Gasteiger partial charge in [-0.1, -0.05) is 0 Å². The SMILES string of the molecule is CC(C)OC(=O)C1(C(=O)OC(C)C)CC1C(F)F. The summed E-state index contributed by atoms with van der Waals surface area (Å²) >= 11 is 0. The molecule has 1 atom stereocenters. The van der Waals surface area contributed by atoms with Crippen LogP contribution in [-0.2, 0) is 19.1 Å². The topological polar surface area (TPSA) is 52.6 Å². The summed E-state index contributed by atoms with van der Waals surface area (Å²) in [6.45, 7) is 6.39. The summed E-state index contributed by atoms with van der Waals surface area (Å²) in [7, 11) is 0. The molecule has 0 spiro atoms. The first kappa shape index (κ1) is 14.9. The van der Waals surface area contributed by atoms with Crippen LogP contribution in [0.15, 0.2) is 0 Å². The smallest absolute Gasteiger partial charge is 0.324 e. The first-order valence-corrected chi connectivity index (χ1v) is 5.92. The number of hydrogen-bond donors (Lipinski definition) is 0. The molecule has 18 heavy (non-hydrogen) atoms. The highest BCUT2D eigenvalue weighted by atomic mass is 19.3. The third kappa shape index (κ3) is 2.79. The quantitative estimate of drug-likeness (QED) is 0.564. The zero-order valence-electron chi connectivity index (χ0n) is 10.9. The minimum atomic E-state index is -2.73. The fraction of sp³-hybridized carbons (Fsp3) is 0.833.